The molecule has 0 unspecified atom stereocenters. The zero-order chi connectivity index (χ0) is 17.3. The van der Waals surface area contributed by atoms with Crippen LogP contribution in [0.2, 0.25) is 0 Å². The minimum atomic E-state index is -3.63. The van der Waals surface area contributed by atoms with E-state index in [4.69, 9.17) is 0 Å². The van der Waals surface area contributed by atoms with Gasteiger partial charge >= 0.3 is 0 Å². The van der Waals surface area contributed by atoms with E-state index in [0.717, 1.165) is 12.8 Å². The molecule has 0 atom stereocenters. The van der Waals surface area contributed by atoms with E-state index in [0.29, 0.717) is 37.5 Å². The van der Waals surface area contributed by atoms with E-state index in [1.807, 2.05) is 0 Å². The van der Waals surface area contributed by atoms with Gasteiger partial charge in [0.15, 0.2) is 5.78 Å². The molecule has 1 aromatic carbocycles. The second-order valence-electron chi connectivity index (χ2n) is 6.55. The highest BCUT2D eigenvalue weighted by atomic mass is 32.2. The van der Waals surface area contributed by atoms with Crippen molar-refractivity contribution in [1.29, 1.82) is 0 Å². The first-order valence-electron chi connectivity index (χ1n) is 8.29. The van der Waals surface area contributed by atoms with Crippen molar-refractivity contribution in [3.05, 3.63) is 29.8 Å². The van der Waals surface area contributed by atoms with Gasteiger partial charge in [0.1, 0.15) is 0 Å². The highest BCUT2D eigenvalue weighted by Crippen LogP contribution is 2.26. The molecule has 1 aliphatic carbocycles. The molecule has 0 radical (unpaired) electrons. The average Bonchev–Trinajstić information content (AvgIpc) is 3.39. The van der Waals surface area contributed by atoms with Crippen LogP contribution in [0, 0.1) is 5.92 Å². The Bertz CT molecular complexity index is 748. The maximum absolute atomic E-state index is 12.7. The average molecular weight is 350 g/mol. The quantitative estimate of drug-likeness (QED) is 0.817. The monoisotopic (exact) mass is 350 g/mol. The summed E-state index contributed by atoms with van der Waals surface area (Å²) in [7, 11) is -3.63. The molecule has 24 heavy (non-hydrogen) atoms. The topological polar surface area (TPSA) is 83.6 Å². The van der Waals surface area contributed by atoms with Crippen molar-refractivity contribution in [2.45, 2.75) is 43.5 Å². The number of hydrogen-bond acceptors (Lipinski definition) is 4. The summed E-state index contributed by atoms with van der Waals surface area (Å²) in [5.41, 5.74) is 0.384. The number of hydrogen-bond donors (Lipinski definition) is 1. The number of benzene rings is 1. The lowest BCUT2D eigenvalue weighted by Crippen LogP contribution is -2.43. The second-order valence-corrected chi connectivity index (χ2v) is 8.48. The van der Waals surface area contributed by atoms with E-state index < -0.39 is 10.0 Å². The number of carbonyl (C=O) groups excluding carboxylic acids is 2. The molecule has 7 heteroatoms. The first kappa shape index (κ1) is 17.1. The summed E-state index contributed by atoms with van der Waals surface area (Å²) in [5.74, 6) is -0.226. The molecule has 2 aliphatic rings. The van der Waals surface area contributed by atoms with Crippen LogP contribution < -0.4 is 5.32 Å². The van der Waals surface area contributed by atoms with Crippen LogP contribution >= 0.6 is 0 Å². The molecule has 1 aromatic rings. The van der Waals surface area contributed by atoms with Crippen LogP contribution in [0.1, 0.15) is 43.0 Å². The number of sulfonamides is 1. The molecule has 0 bridgehead atoms. The Labute approximate surface area is 142 Å². The minimum absolute atomic E-state index is 0.0492. The van der Waals surface area contributed by atoms with Gasteiger partial charge in [-0.15, -0.1) is 0 Å². The Morgan fingerprint density at radius 1 is 1.12 bits per heavy atom. The number of nitrogens with zero attached hydrogens (tertiary/aromatic N) is 1. The molecule has 3 rings (SSSR count). The van der Waals surface area contributed by atoms with Crippen molar-refractivity contribution in [3.8, 4) is 0 Å². The Balaban J connectivity index is 1.67. The summed E-state index contributed by atoms with van der Waals surface area (Å²) in [5, 5.41) is 2.98. The summed E-state index contributed by atoms with van der Waals surface area (Å²) >= 11 is 0. The zero-order valence-electron chi connectivity index (χ0n) is 13.7. The van der Waals surface area contributed by atoms with Crippen LogP contribution in [0.25, 0.3) is 0 Å². The van der Waals surface area contributed by atoms with E-state index >= 15 is 0 Å². The molecule has 2 fully saturated rings. The lowest BCUT2D eigenvalue weighted by Gasteiger charge is -2.30. The normalized spacial score (nSPS) is 19.9. The molecule has 0 spiro atoms. The number of amides is 1. The van der Waals surface area contributed by atoms with Crippen molar-refractivity contribution < 1.29 is 18.0 Å². The van der Waals surface area contributed by atoms with Gasteiger partial charge in [-0.05, 0) is 44.7 Å². The Morgan fingerprint density at radius 3 is 2.38 bits per heavy atom. The predicted octanol–water partition coefficient (Wildman–Crippen LogP) is 1.57. The van der Waals surface area contributed by atoms with E-state index in [1.54, 1.807) is 12.1 Å². The maximum atomic E-state index is 12.7. The third kappa shape index (κ3) is 3.67. The number of Topliss-reactive ketones (excluding diaryl/α,β-unsaturated/α-hetero) is 1. The van der Waals surface area contributed by atoms with Crippen molar-refractivity contribution in [1.82, 2.24) is 9.62 Å². The summed E-state index contributed by atoms with van der Waals surface area (Å²) in [6, 6.07) is 6.44. The minimum Gasteiger partial charge on any atom is -0.353 e. The molecule has 1 saturated carbocycles. The van der Waals surface area contributed by atoms with E-state index in [2.05, 4.69) is 5.32 Å². The molecular weight excluding hydrogens is 328 g/mol. The Morgan fingerprint density at radius 2 is 1.79 bits per heavy atom. The third-order valence-electron chi connectivity index (χ3n) is 4.63. The Kier molecular flexibility index (Phi) is 4.73. The fraction of sp³-hybridized carbons (Fsp3) is 0.529. The van der Waals surface area contributed by atoms with Gasteiger partial charge in [-0.2, -0.15) is 4.31 Å². The smallest absolute Gasteiger partial charge is 0.243 e. The highest BCUT2D eigenvalue weighted by Gasteiger charge is 2.34. The molecule has 1 aliphatic heterocycles. The number of rotatable bonds is 5. The van der Waals surface area contributed by atoms with Crippen LogP contribution in [0.5, 0.6) is 0 Å². The second kappa shape index (κ2) is 6.64. The number of ketones is 1. The van der Waals surface area contributed by atoms with Gasteiger partial charge in [0.2, 0.25) is 15.9 Å². The number of carbonyl (C=O) groups is 2. The summed E-state index contributed by atoms with van der Waals surface area (Å²) in [4.78, 5) is 23.7. The number of piperidine rings is 1. The standard InChI is InChI=1S/C17H22N2O4S/c1-12(20)14-3-2-4-16(11-14)24(22,23)19-9-7-13(8-10-19)17(21)18-15-5-6-15/h2-4,11,13,15H,5-10H2,1H3,(H,18,21). The largest absolute Gasteiger partial charge is 0.353 e. The van der Waals surface area contributed by atoms with Crippen LogP contribution in [0.15, 0.2) is 29.2 Å². The molecule has 1 N–H and O–H groups in total. The fourth-order valence-corrected chi connectivity index (χ4v) is 4.45. The van der Waals surface area contributed by atoms with Gasteiger partial charge < -0.3 is 5.32 Å². The predicted molar refractivity (Wildman–Crippen MR) is 89.1 cm³/mol. The molecule has 130 valence electrons. The van der Waals surface area contributed by atoms with Crippen LogP contribution in [0.4, 0.5) is 0 Å². The van der Waals surface area contributed by atoms with E-state index in [9.17, 15) is 18.0 Å². The first-order valence-corrected chi connectivity index (χ1v) is 9.73. The van der Waals surface area contributed by atoms with E-state index in [1.165, 1.54) is 23.4 Å². The van der Waals surface area contributed by atoms with Gasteiger partial charge in [-0.1, -0.05) is 12.1 Å². The van der Waals surface area contributed by atoms with Crippen molar-refractivity contribution in [2.75, 3.05) is 13.1 Å². The highest BCUT2D eigenvalue weighted by molar-refractivity contribution is 7.89. The number of nitrogens with one attached hydrogen (secondary N) is 1. The van der Waals surface area contributed by atoms with Crippen LogP contribution in [0.3, 0.4) is 0 Å². The van der Waals surface area contributed by atoms with Gasteiger partial charge in [0.25, 0.3) is 0 Å². The molecular formula is C17H22N2O4S. The van der Waals surface area contributed by atoms with Crippen molar-refractivity contribution >= 4 is 21.7 Å². The first-order chi connectivity index (χ1) is 11.4. The van der Waals surface area contributed by atoms with E-state index in [-0.39, 0.29) is 22.5 Å². The molecule has 6 nitrogen and oxygen atoms in total. The lowest BCUT2D eigenvalue weighted by molar-refractivity contribution is -0.126. The molecule has 1 heterocycles. The van der Waals surface area contributed by atoms with Gasteiger partial charge in [0.05, 0.1) is 4.90 Å². The lowest BCUT2D eigenvalue weighted by atomic mass is 9.97. The van der Waals surface area contributed by atoms with Gasteiger partial charge in [0, 0.05) is 30.6 Å². The van der Waals surface area contributed by atoms with Gasteiger partial charge in [-0.25, -0.2) is 8.42 Å². The fourth-order valence-electron chi connectivity index (χ4n) is 2.93. The van der Waals surface area contributed by atoms with Crippen LogP contribution in [-0.2, 0) is 14.8 Å². The Hall–Kier alpha value is -1.73. The van der Waals surface area contributed by atoms with Crippen molar-refractivity contribution in [2.24, 2.45) is 5.92 Å². The molecule has 1 amide bonds. The van der Waals surface area contributed by atoms with Crippen molar-refractivity contribution in [3.63, 3.8) is 0 Å². The SMILES string of the molecule is CC(=O)c1cccc(S(=O)(=O)N2CCC(C(=O)NC3CC3)CC2)c1. The zero-order valence-corrected chi connectivity index (χ0v) is 14.5. The summed E-state index contributed by atoms with van der Waals surface area (Å²) in [6.45, 7) is 2.07. The van der Waals surface area contributed by atoms with Crippen LogP contribution in [-0.4, -0.2) is 43.5 Å². The summed E-state index contributed by atoms with van der Waals surface area (Å²) < 4.78 is 26.9. The third-order valence-corrected chi connectivity index (χ3v) is 6.52. The maximum Gasteiger partial charge on any atom is 0.243 e. The van der Waals surface area contributed by atoms with Gasteiger partial charge in [-0.3, -0.25) is 9.59 Å². The summed E-state index contributed by atoms with van der Waals surface area (Å²) in [6.07, 6.45) is 3.16. The molecule has 1 saturated heterocycles. The molecule has 0 aromatic heterocycles.